The highest BCUT2D eigenvalue weighted by Crippen LogP contribution is 2.25. The number of hydrogen-bond donors (Lipinski definition) is 3. The third-order valence-corrected chi connectivity index (χ3v) is 3.62. The number of nitrogens with one attached hydrogen (secondary N) is 2. The third-order valence-electron chi connectivity index (χ3n) is 3.62. The number of carbonyl (C=O) groups is 3. The highest BCUT2D eigenvalue weighted by atomic mass is 16.4. The van der Waals surface area contributed by atoms with Gasteiger partial charge in [-0.3, -0.25) is 19.8 Å². The fourth-order valence-electron chi connectivity index (χ4n) is 2.46. The van der Waals surface area contributed by atoms with Crippen LogP contribution in [0.3, 0.4) is 0 Å². The highest BCUT2D eigenvalue weighted by molar-refractivity contribution is 5.95. The number of urea groups is 1. The number of imide groups is 1. The van der Waals surface area contributed by atoms with Gasteiger partial charge in [0.2, 0.25) is 5.91 Å². The van der Waals surface area contributed by atoms with Crippen molar-refractivity contribution in [2.75, 3.05) is 19.6 Å². The van der Waals surface area contributed by atoms with Crippen LogP contribution in [0.5, 0.6) is 0 Å². The summed E-state index contributed by atoms with van der Waals surface area (Å²) >= 11 is 0. The summed E-state index contributed by atoms with van der Waals surface area (Å²) in [4.78, 5) is 35.8. The first-order chi connectivity index (χ1) is 9.47. The molecule has 1 aliphatic heterocycles. The number of carbonyl (C=O) groups excluding carboxylic acids is 2. The minimum atomic E-state index is -0.908. The molecule has 0 aromatic rings. The molecule has 0 saturated carbocycles. The summed E-state index contributed by atoms with van der Waals surface area (Å²) in [5, 5.41) is 13.9. The lowest BCUT2D eigenvalue weighted by atomic mass is 9.89. The van der Waals surface area contributed by atoms with E-state index in [1.807, 2.05) is 6.92 Å². The van der Waals surface area contributed by atoms with E-state index in [-0.39, 0.29) is 6.54 Å². The van der Waals surface area contributed by atoms with Gasteiger partial charge in [0.25, 0.3) is 0 Å². The van der Waals surface area contributed by atoms with E-state index in [1.54, 1.807) is 11.8 Å². The molecule has 7 heteroatoms. The zero-order valence-electron chi connectivity index (χ0n) is 12.0. The van der Waals surface area contributed by atoms with Gasteiger partial charge in [-0.15, -0.1) is 0 Å². The Morgan fingerprint density at radius 1 is 1.30 bits per heavy atom. The van der Waals surface area contributed by atoms with E-state index in [0.29, 0.717) is 25.4 Å². The molecule has 0 aromatic carbocycles. The predicted molar refractivity (Wildman–Crippen MR) is 73.2 cm³/mol. The number of amides is 3. The van der Waals surface area contributed by atoms with Crippen molar-refractivity contribution in [3.63, 3.8) is 0 Å². The quantitative estimate of drug-likeness (QED) is 0.679. The molecule has 0 radical (unpaired) electrons. The van der Waals surface area contributed by atoms with Gasteiger partial charge in [0.1, 0.15) is 6.04 Å². The van der Waals surface area contributed by atoms with Gasteiger partial charge < -0.3 is 10.4 Å². The Morgan fingerprint density at radius 3 is 2.55 bits per heavy atom. The Morgan fingerprint density at radius 2 is 2.00 bits per heavy atom. The van der Waals surface area contributed by atoms with Crippen molar-refractivity contribution in [3.05, 3.63) is 0 Å². The molecule has 0 aliphatic carbocycles. The van der Waals surface area contributed by atoms with Crippen LogP contribution in [0.15, 0.2) is 0 Å². The molecular weight excluding hydrogens is 262 g/mol. The lowest BCUT2D eigenvalue weighted by Gasteiger charge is -2.36. The number of nitrogens with zero attached hydrogens (tertiary/aromatic N) is 1. The highest BCUT2D eigenvalue weighted by Gasteiger charge is 2.33. The summed E-state index contributed by atoms with van der Waals surface area (Å²) in [6.07, 6.45) is 2.39. The third kappa shape index (κ3) is 4.80. The van der Waals surface area contributed by atoms with Gasteiger partial charge in [0, 0.05) is 6.54 Å². The fourth-order valence-corrected chi connectivity index (χ4v) is 2.46. The van der Waals surface area contributed by atoms with Gasteiger partial charge in [0.15, 0.2) is 0 Å². The Labute approximate surface area is 118 Å². The Hall–Kier alpha value is -1.63. The van der Waals surface area contributed by atoms with Gasteiger partial charge in [-0.1, -0.05) is 13.3 Å². The Bertz CT molecular complexity index is 373. The van der Waals surface area contributed by atoms with Crippen molar-refractivity contribution < 1.29 is 19.5 Å². The molecule has 2 atom stereocenters. The van der Waals surface area contributed by atoms with Crippen LogP contribution in [-0.4, -0.2) is 53.6 Å². The fraction of sp³-hybridized carbons (Fsp3) is 0.769. The zero-order chi connectivity index (χ0) is 15.1. The summed E-state index contributed by atoms with van der Waals surface area (Å²) in [5.41, 5.74) is 0. The Kier molecular flexibility index (Phi) is 6.44. The van der Waals surface area contributed by atoms with E-state index < -0.39 is 23.9 Å². The number of likely N-dealkylation sites (tertiary alicyclic amines) is 1. The van der Waals surface area contributed by atoms with Crippen molar-refractivity contribution >= 4 is 17.9 Å². The van der Waals surface area contributed by atoms with Crippen LogP contribution >= 0.6 is 0 Å². The smallest absolute Gasteiger partial charge is 0.321 e. The molecule has 1 aliphatic rings. The summed E-state index contributed by atoms with van der Waals surface area (Å²) in [6, 6.07) is -1.19. The summed E-state index contributed by atoms with van der Waals surface area (Å²) < 4.78 is 0. The second kappa shape index (κ2) is 7.84. The van der Waals surface area contributed by atoms with Gasteiger partial charge in [-0.2, -0.15) is 0 Å². The van der Waals surface area contributed by atoms with Crippen LogP contribution in [0.25, 0.3) is 0 Å². The average molecular weight is 285 g/mol. The molecule has 0 aromatic heterocycles. The topological polar surface area (TPSA) is 98.7 Å². The molecule has 0 bridgehead atoms. The predicted octanol–water partition coefficient (Wildman–Crippen LogP) is 0.407. The van der Waals surface area contributed by atoms with Crippen molar-refractivity contribution in [2.24, 2.45) is 5.92 Å². The molecule has 1 heterocycles. The summed E-state index contributed by atoms with van der Waals surface area (Å²) in [6.45, 7) is 4.72. The van der Waals surface area contributed by atoms with Crippen LogP contribution in [0.4, 0.5) is 4.79 Å². The van der Waals surface area contributed by atoms with Gasteiger partial charge in [0.05, 0.1) is 6.54 Å². The van der Waals surface area contributed by atoms with E-state index in [1.165, 1.54) is 0 Å². The molecular formula is C13H23N3O4. The van der Waals surface area contributed by atoms with Gasteiger partial charge >= 0.3 is 12.0 Å². The standard InChI is InChI=1S/C13H23N3O4/c1-3-9-5-6-16(10(7-9)12(18)19)8-11(17)15-13(20)14-4-2/h9-10H,3-8H2,1-2H3,(H,18,19)(H2,14,15,17,20). The van der Waals surface area contributed by atoms with Crippen LogP contribution in [-0.2, 0) is 9.59 Å². The normalized spacial score (nSPS) is 23.1. The minimum absolute atomic E-state index is 0.0649. The molecule has 3 N–H and O–H groups in total. The SMILES string of the molecule is CCNC(=O)NC(=O)CN1CCC(CC)CC1C(=O)O. The van der Waals surface area contributed by atoms with Crippen LogP contribution < -0.4 is 10.6 Å². The van der Waals surface area contributed by atoms with E-state index in [9.17, 15) is 19.5 Å². The lowest BCUT2D eigenvalue weighted by molar-refractivity contribution is -0.146. The van der Waals surface area contributed by atoms with Crippen molar-refractivity contribution in [1.82, 2.24) is 15.5 Å². The molecule has 1 rings (SSSR count). The zero-order valence-corrected chi connectivity index (χ0v) is 12.0. The first-order valence-electron chi connectivity index (χ1n) is 7.02. The van der Waals surface area contributed by atoms with Crippen LogP contribution in [0, 0.1) is 5.92 Å². The van der Waals surface area contributed by atoms with Gasteiger partial charge in [-0.25, -0.2) is 4.79 Å². The molecule has 0 spiro atoms. The number of aliphatic carboxylic acids is 1. The number of carboxylic acid groups (broad SMARTS) is 1. The second-order valence-corrected chi connectivity index (χ2v) is 5.03. The monoisotopic (exact) mass is 285 g/mol. The first kappa shape index (κ1) is 16.4. The van der Waals surface area contributed by atoms with E-state index in [0.717, 1.165) is 12.8 Å². The molecule has 2 unspecified atom stereocenters. The molecule has 114 valence electrons. The minimum Gasteiger partial charge on any atom is -0.480 e. The van der Waals surface area contributed by atoms with E-state index in [4.69, 9.17) is 0 Å². The molecule has 7 nitrogen and oxygen atoms in total. The number of hydrogen-bond acceptors (Lipinski definition) is 4. The summed E-state index contributed by atoms with van der Waals surface area (Å²) in [7, 11) is 0. The van der Waals surface area contributed by atoms with Gasteiger partial charge in [-0.05, 0) is 32.2 Å². The van der Waals surface area contributed by atoms with Crippen LogP contribution in [0.1, 0.15) is 33.1 Å². The maximum atomic E-state index is 11.7. The lowest BCUT2D eigenvalue weighted by Crippen LogP contribution is -2.52. The van der Waals surface area contributed by atoms with Crippen molar-refractivity contribution in [3.8, 4) is 0 Å². The molecule has 1 fully saturated rings. The maximum absolute atomic E-state index is 11.7. The van der Waals surface area contributed by atoms with E-state index >= 15 is 0 Å². The maximum Gasteiger partial charge on any atom is 0.321 e. The first-order valence-corrected chi connectivity index (χ1v) is 7.02. The average Bonchev–Trinajstić information content (AvgIpc) is 2.38. The number of rotatable bonds is 5. The van der Waals surface area contributed by atoms with E-state index in [2.05, 4.69) is 10.6 Å². The largest absolute Gasteiger partial charge is 0.480 e. The molecule has 20 heavy (non-hydrogen) atoms. The molecule has 1 saturated heterocycles. The number of piperidine rings is 1. The Balaban J connectivity index is 2.54. The summed E-state index contributed by atoms with van der Waals surface area (Å²) in [5.74, 6) is -0.995. The van der Waals surface area contributed by atoms with Crippen molar-refractivity contribution in [2.45, 2.75) is 39.2 Å². The second-order valence-electron chi connectivity index (χ2n) is 5.03. The van der Waals surface area contributed by atoms with Crippen molar-refractivity contribution in [1.29, 1.82) is 0 Å². The number of carboxylic acids is 1. The van der Waals surface area contributed by atoms with Crippen LogP contribution in [0.2, 0.25) is 0 Å². The molecule has 3 amide bonds.